The molecule has 1 heterocycles. The maximum absolute atomic E-state index is 12.6. The topological polar surface area (TPSA) is 166 Å². The van der Waals surface area contributed by atoms with Crippen molar-refractivity contribution in [1.82, 2.24) is 15.5 Å². The van der Waals surface area contributed by atoms with E-state index in [0.717, 1.165) is 25.7 Å². The highest BCUT2D eigenvalue weighted by Gasteiger charge is 2.27. The van der Waals surface area contributed by atoms with Crippen LogP contribution in [0.25, 0.3) is 0 Å². The van der Waals surface area contributed by atoms with Crippen molar-refractivity contribution in [3.05, 3.63) is 0 Å². The van der Waals surface area contributed by atoms with Gasteiger partial charge in [-0.15, -0.1) is 0 Å². The van der Waals surface area contributed by atoms with Crippen molar-refractivity contribution in [1.29, 1.82) is 0 Å². The molecule has 3 amide bonds. The molecule has 1 rings (SSSR count). The van der Waals surface area contributed by atoms with E-state index in [1.807, 2.05) is 6.92 Å². The summed E-state index contributed by atoms with van der Waals surface area (Å²) < 4.78 is 0. The predicted molar refractivity (Wildman–Crippen MR) is 107 cm³/mol. The highest BCUT2D eigenvalue weighted by molar-refractivity contribution is 5.77. The van der Waals surface area contributed by atoms with Crippen molar-refractivity contribution in [2.75, 3.05) is 13.1 Å². The molecule has 0 spiro atoms. The number of nitrogens with two attached hydrogens (primary N) is 4. The molecule has 0 radical (unpaired) electrons. The molecule has 9 nitrogen and oxygen atoms in total. The minimum atomic E-state index is -0.816. The molecule has 10 N–H and O–H groups in total. The fraction of sp³-hybridized carbons (Fsp3) is 0.889. The zero-order valence-corrected chi connectivity index (χ0v) is 17.1. The van der Waals surface area contributed by atoms with Gasteiger partial charge in [-0.1, -0.05) is 12.8 Å². The minimum Gasteiger partial charge on any atom is -0.342 e. The Hall–Kier alpha value is -1.42. The van der Waals surface area contributed by atoms with E-state index in [9.17, 15) is 9.59 Å². The Kier molecular flexibility index (Phi) is 8.93. The highest BCUT2D eigenvalue weighted by Crippen LogP contribution is 2.13. The summed E-state index contributed by atoms with van der Waals surface area (Å²) in [7, 11) is 0. The minimum absolute atomic E-state index is 0.0766. The van der Waals surface area contributed by atoms with Crippen molar-refractivity contribution >= 4 is 11.9 Å². The molecule has 9 heteroatoms. The third-order valence-corrected chi connectivity index (χ3v) is 4.88. The molecule has 2 unspecified atom stereocenters. The second-order valence-electron chi connectivity index (χ2n) is 8.50. The van der Waals surface area contributed by atoms with Gasteiger partial charge in [0.2, 0.25) is 5.91 Å². The lowest BCUT2D eigenvalue weighted by Gasteiger charge is -2.29. The second-order valence-corrected chi connectivity index (χ2v) is 8.50. The van der Waals surface area contributed by atoms with Gasteiger partial charge >= 0.3 is 6.03 Å². The van der Waals surface area contributed by atoms with Crippen LogP contribution < -0.4 is 33.6 Å². The maximum Gasteiger partial charge on any atom is 0.315 e. The van der Waals surface area contributed by atoms with Crippen LogP contribution in [0.15, 0.2) is 0 Å². The Morgan fingerprint density at radius 3 is 2.00 bits per heavy atom. The summed E-state index contributed by atoms with van der Waals surface area (Å²) in [6, 6.07) is 0.221. The summed E-state index contributed by atoms with van der Waals surface area (Å²) in [5.74, 6) is 0.0766. The predicted octanol–water partition coefficient (Wildman–Crippen LogP) is -0.117. The Balaban J connectivity index is 2.35. The van der Waals surface area contributed by atoms with Gasteiger partial charge in [0.1, 0.15) is 0 Å². The standard InChI is InChI=1S/C18H39N7O2/c1-13-14(24-16(27)23-13)7-5-4-6-8-15(26)25(11-9-17(2,19)20)12-10-18(3,21)22/h13-14H,4-12,19-22H2,1-3H3,(H2,23,24,27). The molecule has 0 aromatic carbocycles. The van der Waals surface area contributed by atoms with E-state index in [4.69, 9.17) is 22.9 Å². The van der Waals surface area contributed by atoms with Crippen LogP contribution in [0.1, 0.15) is 65.7 Å². The van der Waals surface area contributed by atoms with Gasteiger partial charge < -0.3 is 38.5 Å². The van der Waals surface area contributed by atoms with Crippen LogP contribution in [0, 0.1) is 0 Å². The number of amides is 3. The fourth-order valence-electron chi connectivity index (χ4n) is 3.05. The summed E-state index contributed by atoms with van der Waals surface area (Å²) in [6.45, 7) is 6.47. The van der Waals surface area contributed by atoms with Gasteiger partial charge in [-0.05, 0) is 46.5 Å². The molecule has 1 fully saturated rings. The van der Waals surface area contributed by atoms with E-state index in [1.54, 1.807) is 18.7 Å². The zero-order chi connectivity index (χ0) is 20.7. The van der Waals surface area contributed by atoms with E-state index in [2.05, 4.69) is 10.6 Å². The zero-order valence-electron chi connectivity index (χ0n) is 17.1. The molecule has 158 valence electrons. The first-order valence-corrected chi connectivity index (χ1v) is 9.88. The van der Waals surface area contributed by atoms with Gasteiger partial charge in [0.05, 0.1) is 17.4 Å². The van der Waals surface area contributed by atoms with Crippen LogP contribution in [-0.4, -0.2) is 53.3 Å². The van der Waals surface area contributed by atoms with Crippen molar-refractivity contribution < 1.29 is 9.59 Å². The van der Waals surface area contributed by atoms with Crippen LogP contribution in [0.2, 0.25) is 0 Å². The number of rotatable bonds is 12. The molecule has 1 aliphatic heterocycles. The van der Waals surface area contributed by atoms with Gasteiger partial charge in [0.25, 0.3) is 0 Å². The number of hydrogen-bond acceptors (Lipinski definition) is 6. The quantitative estimate of drug-likeness (QED) is 0.202. The summed E-state index contributed by atoms with van der Waals surface area (Å²) >= 11 is 0. The first-order chi connectivity index (χ1) is 12.4. The average Bonchev–Trinajstić information content (AvgIpc) is 2.82. The Labute approximate surface area is 162 Å². The van der Waals surface area contributed by atoms with Crippen molar-refractivity contribution in [3.63, 3.8) is 0 Å². The molecular formula is C18H39N7O2. The molecule has 0 bridgehead atoms. The largest absolute Gasteiger partial charge is 0.342 e. The van der Waals surface area contributed by atoms with Crippen molar-refractivity contribution in [2.24, 2.45) is 22.9 Å². The number of hydrogen-bond donors (Lipinski definition) is 6. The lowest BCUT2D eigenvalue weighted by Crippen LogP contribution is -2.51. The summed E-state index contributed by atoms with van der Waals surface area (Å²) in [5, 5.41) is 5.75. The number of carbonyl (C=O) groups is 2. The van der Waals surface area contributed by atoms with Crippen LogP contribution in [0.3, 0.4) is 0 Å². The summed E-state index contributed by atoms with van der Waals surface area (Å²) in [5.41, 5.74) is 21.7. The number of nitrogens with one attached hydrogen (secondary N) is 2. The molecule has 0 aliphatic carbocycles. The monoisotopic (exact) mass is 385 g/mol. The highest BCUT2D eigenvalue weighted by atomic mass is 16.2. The fourth-order valence-corrected chi connectivity index (χ4v) is 3.05. The second kappa shape index (κ2) is 10.2. The van der Waals surface area contributed by atoms with E-state index >= 15 is 0 Å². The Morgan fingerprint density at radius 2 is 1.56 bits per heavy atom. The molecule has 27 heavy (non-hydrogen) atoms. The van der Waals surface area contributed by atoms with Crippen molar-refractivity contribution in [2.45, 2.75) is 89.1 Å². The molecule has 1 saturated heterocycles. The SMILES string of the molecule is CC1NC(=O)NC1CCCCCC(=O)N(CCC(C)(N)N)CCC(C)(N)N. The smallest absolute Gasteiger partial charge is 0.315 e. The molecular weight excluding hydrogens is 346 g/mol. The normalized spacial score (nSPS) is 20.3. The van der Waals surface area contributed by atoms with Crippen LogP contribution >= 0.6 is 0 Å². The van der Waals surface area contributed by atoms with Gasteiger partial charge in [0, 0.05) is 25.6 Å². The number of carbonyl (C=O) groups excluding carboxylic acids is 2. The molecule has 0 aromatic heterocycles. The van der Waals surface area contributed by atoms with E-state index < -0.39 is 11.3 Å². The number of nitrogens with zero attached hydrogens (tertiary/aromatic N) is 1. The van der Waals surface area contributed by atoms with Gasteiger partial charge in [-0.25, -0.2) is 4.79 Å². The van der Waals surface area contributed by atoms with Gasteiger partial charge in [-0.3, -0.25) is 4.79 Å². The van der Waals surface area contributed by atoms with E-state index in [1.165, 1.54) is 0 Å². The summed E-state index contributed by atoms with van der Waals surface area (Å²) in [4.78, 5) is 25.6. The lowest BCUT2D eigenvalue weighted by atomic mass is 10.0. The molecule has 2 atom stereocenters. The summed E-state index contributed by atoms with van der Waals surface area (Å²) in [6.07, 6.45) is 5.13. The van der Waals surface area contributed by atoms with Crippen molar-refractivity contribution in [3.8, 4) is 0 Å². The molecule has 0 aromatic rings. The van der Waals surface area contributed by atoms with E-state index in [-0.39, 0.29) is 24.0 Å². The van der Waals surface area contributed by atoms with Crippen LogP contribution in [0.4, 0.5) is 4.79 Å². The maximum atomic E-state index is 12.6. The van der Waals surface area contributed by atoms with Crippen LogP contribution in [-0.2, 0) is 4.79 Å². The lowest BCUT2D eigenvalue weighted by molar-refractivity contribution is -0.131. The Bertz CT molecular complexity index is 467. The average molecular weight is 386 g/mol. The van der Waals surface area contributed by atoms with Crippen LogP contribution in [0.5, 0.6) is 0 Å². The van der Waals surface area contributed by atoms with E-state index in [0.29, 0.717) is 32.4 Å². The van der Waals surface area contributed by atoms with Gasteiger partial charge in [0.15, 0.2) is 0 Å². The first kappa shape index (κ1) is 23.6. The Morgan fingerprint density at radius 1 is 1.00 bits per heavy atom. The third kappa shape index (κ3) is 10.5. The first-order valence-electron chi connectivity index (χ1n) is 9.88. The molecule has 1 aliphatic rings. The molecule has 0 saturated carbocycles. The number of unbranched alkanes of at least 4 members (excludes halogenated alkanes) is 2. The van der Waals surface area contributed by atoms with Gasteiger partial charge in [-0.2, -0.15) is 0 Å². The number of urea groups is 1. The third-order valence-electron chi connectivity index (χ3n) is 4.88.